The number of aromatic nitrogens is 1. The smallest absolute Gasteiger partial charge is 0.222 e. The molecule has 156 valence electrons. The van der Waals surface area contributed by atoms with Gasteiger partial charge >= 0.3 is 0 Å². The van der Waals surface area contributed by atoms with Crippen molar-refractivity contribution in [1.82, 2.24) is 14.8 Å². The first kappa shape index (κ1) is 20.5. The Hall–Kier alpha value is -1.80. The van der Waals surface area contributed by atoms with Crippen molar-refractivity contribution in [3.63, 3.8) is 0 Å². The number of carbonyl (C=O) groups is 1. The van der Waals surface area contributed by atoms with Gasteiger partial charge in [0.2, 0.25) is 5.91 Å². The van der Waals surface area contributed by atoms with Crippen LogP contribution in [-0.4, -0.2) is 65.2 Å². The van der Waals surface area contributed by atoms with Crippen LogP contribution in [0.4, 0.5) is 0 Å². The molecule has 2 fully saturated rings. The summed E-state index contributed by atoms with van der Waals surface area (Å²) in [6.45, 7) is 5.39. The molecule has 6 nitrogen and oxygen atoms in total. The number of hydrogen-bond acceptors (Lipinski definition) is 6. The van der Waals surface area contributed by atoms with Crippen LogP contribution in [0.2, 0.25) is 0 Å². The van der Waals surface area contributed by atoms with Crippen LogP contribution in [0.25, 0.3) is 0 Å². The van der Waals surface area contributed by atoms with E-state index >= 15 is 0 Å². The van der Waals surface area contributed by atoms with Gasteiger partial charge in [0.15, 0.2) is 0 Å². The van der Waals surface area contributed by atoms with Crippen molar-refractivity contribution in [3.05, 3.63) is 52.0 Å². The lowest BCUT2D eigenvalue weighted by molar-refractivity contribution is -0.135. The standard InChI is InChI=1S/C22H29N3O3S/c26-21(7-6-18-4-2-1-3-5-18)25-10-8-22(27,9-11-25)19-17-29-20(23-19)16-24-12-14-28-15-13-24/h1-5,17,27H,6-16H2. The molecule has 2 saturated heterocycles. The highest BCUT2D eigenvalue weighted by Crippen LogP contribution is 2.34. The minimum atomic E-state index is -0.921. The van der Waals surface area contributed by atoms with E-state index in [2.05, 4.69) is 17.0 Å². The van der Waals surface area contributed by atoms with Crippen LogP contribution in [0.3, 0.4) is 0 Å². The Morgan fingerprint density at radius 2 is 1.86 bits per heavy atom. The Morgan fingerprint density at radius 1 is 1.14 bits per heavy atom. The molecule has 2 aliphatic heterocycles. The summed E-state index contributed by atoms with van der Waals surface area (Å²) in [5, 5.41) is 14.2. The van der Waals surface area contributed by atoms with Crippen LogP contribution in [0.5, 0.6) is 0 Å². The Kier molecular flexibility index (Phi) is 6.60. The summed E-state index contributed by atoms with van der Waals surface area (Å²) in [7, 11) is 0. The Labute approximate surface area is 176 Å². The minimum absolute atomic E-state index is 0.169. The number of morpholine rings is 1. The normalized spacial score (nSPS) is 20.0. The lowest BCUT2D eigenvalue weighted by atomic mass is 9.88. The van der Waals surface area contributed by atoms with E-state index in [4.69, 9.17) is 9.72 Å². The van der Waals surface area contributed by atoms with Gasteiger partial charge in [-0.15, -0.1) is 11.3 Å². The van der Waals surface area contributed by atoms with Crippen LogP contribution >= 0.6 is 11.3 Å². The Morgan fingerprint density at radius 3 is 2.59 bits per heavy atom. The van der Waals surface area contributed by atoms with Gasteiger partial charge in [0.25, 0.3) is 0 Å². The maximum Gasteiger partial charge on any atom is 0.222 e. The van der Waals surface area contributed by atoms with Crippen molar-refractivity contribution in [2.24, 2.45) is 0 Å². The highest BCUT2D eigenvalue weighted by Gasteiger charge is 2.37. The average molecular weight is 416 g/mol. The summed E-state index contributed by atoms with van der Waals surface area (Å²) in [5.41, 5.74) is 1.03. The first-order valence-electron chi connectivity index (χ1n) is 10.4. The fourth-order valence-electron chi connectivity index (χ4n) is 3.98. The van der Waals surface area contributed by atoms with E-state index in [0.717, 1.165) is 50.0 Å². The van der Waals surface area contributed by atoms with Gasteiger partial charge in [-0.1, -0.05) is 30.3 Å². The monoisotopic (exact) mass is 415 g/mol. The van der Waals surface area contributed by atoms with Crippen molar-refractivity contribution in [2.45, 2.75) is 37.8 Å². The molecule has 0 spiro atoms. The van der Waals surface area contributed by atoms with Crippen LogP contribution in [-0.2, 0) is 28.1 Å². The summed E-state index contributed by atoms with van der Waals surface area (Å²) in [6.07, 6.45) is 2.37. The molecule has 3 heterocycles. The van der Waals surface area contributed by atoms with E-state index in [1.54, 1.807) is 11.3 Å². The van der Waals surface area contributed by atoms with Crippen LogP contribution < -0.4 is 0 Å². The second kappa shape index (κ2) is 9.34. The maximum atomic E-state index is 12.6. The van der Waals surface area contributed by atoms with Gasteiger partial charge in [-0.2, -0.15) is 0 Å². The van der Waals surface area contributed by atoms with Gasteiger partial charge in [-0.25, -0.2) is 4.98 Å². The van der Waals surface area contributed by atoms with Crippen LogP contribution in [0, 0.1) is 0 Å². The van der Waals surface area contributed by atoms with Crippen LogP contribution in [0.15, 0.2) is 35.7 Å². The van der Waals surface area contributed by atoms with Crippen molar-refractivity contribution in [2.75, 3.05) is 39.4 Å². The van der Waals surface area contributed by atoms with E-state index in [9.17, 15) is 9.90 Å². The molecule has 29 heavy (non-hydrogen) atoms. The Bertz CT molecular complexity index is 797. The van der Waals surface area contributed by atoms with Crippen molar-refractivity contribution in [1.29, 1.82) is 0 Å². The summed E-state index contributed by atoms with van der Waals surface area (Å²) >= 11 is 1.61. The van der Waals surface area contributed by atoms with Gasteiger partial charge in [-0.05, 0) is 24.8 Å². The summed E-state index contributed by atoms with van der Waals surface area (Å²) in [4.78, 5) is 21.5. The summed E-state index contributed by atoms with van der Waals surface area (Å²) < 4.78 is 5.39. The molecule has 2 aromatic rings. The minimum Gasteiger partial charge on any atom is -0.383 e. The quantitative estimate of drug-likeness (QED) is 0.785. The molecule has 0 saturated carbocycles. The van der Waals surface area contributed by atoms with Crippen molar-refractivity contribution >= 4 is 17.2 Å². The molecule has 1 N–H and O–H groups in total. The molecule has 0 bridgehead atoms. The second-order valence-corrected chi connectivity index (χ2v) is 8.86. The van der Waals surface area contributed by atoms with E-state index < -0.39 is 5.60 Å². The molecule has 0 atom stereocenters. The molecule has 0 radical (unpaired) electrons. The third-order valence-electron chi connectivity index (χ3n) is 5.90. The number of rotatable bonds is 6. The molecule has 1 aromatic heterocycles. The molecule has 2 aliphatic rings. The summed E-state index contributed by atoms with van der Waals surface area (Å²) in [6, 6.07) is 10.1. The topological polar surface area (TPSA) is 65.9 Å². The zero-order valence-corrected chi connectivity index (χ0v) is 17.6. The van der Waals surface area contributed by atoms with Gasteiger partial charge in [-0.3, -0.25) is 9.69 Å². The molecule has 0 aliphatic carbocycles. The number of piperidine rings is 1. The van der Waals surface area contributed by atoms with E-state index in [1.165, 1.54) is 5.56 Å². The lowest BCUT2D eigenvalue weighted by Gasteiger charge is -2.37. The third kappa shape index (κ3) is 5.22. The molecule has 4 rings (SSSR count). The van der Waals surface area contributed by atoms with Gasteiger partial charge in [0.05, 0.1) is 25.5 Å². The molecule has 7 heteroatoms. The van der Waals surface area contributed by atoms with Gasteiger partial charge < -0.3 is 14.7 Å². The van der Waals surface area contributed by atoms with E-state index in [-0.39, 0.29) is 5.91 Å². The fourth-order valence-corrected chi connectivity index (χ4v) is 4.91. The number of likely N-dealkylation sites (tertiary alicyclic amines) is 1. The van der Waals surface area contributed by atoms with E-state index in [0.29, 0.717) is 32.4 Å². The number of carbonyl (C=O) groups excluding carboxylic acids is 1. The maximum absolute atomic E-state index is 12.6. The van der Waals surface area contributed by atoms with Gasteiger partial charge in [0, 0.05) is 38.0 Å². The third-order valence-corrected chi connectivity index (χ3v) is 6.74. The highest BCUT2D eigenvalue weighted by atomic mass is 32.1. The number of hydrogen-bond donors (Lipinski definition) is 1. The first-order valence-corrected chi connectivity index (χ1v) is 11.3. The van der Waals surface area contributed by atoms with Gasteiger partial charge in [0.1, 0.15) is 10.6 Å². The predicted molar refractivity (Wildman–Crippen MR) is 113 cm³/mol. The van der Waals surface area contributed by atoms with Crippen molar-refractivity contribution in [3.8, 4) is 0 Å². The van der Waals surface area contributed by atoms with Crippen LogP contribution in [0.1, 0.15) is 35.5 Å². The largest absolute Gasteiger partial charge is 0.383 e. The molecular weight excluding hydrogens is 386 g/mol. The second-order valence-electron chi connectivity index (χ2n) is 7.91. The Balaban J connectivity index is 1.28. The number of benzene rings is 1. The number of aryl methyl sites for hydroxylation is 1. The number of ether oxygens (including phenoxy) is 1. The molecule has 0 unspecified atom stereocenters. The van der Waals surface area contributed by atoms with Crippen molar-refractivity contribution < 1.29 is 14.6 Å². The molecule has 1 amide bonds. The lowest BCUT2D eigenvalue weighted by Crippen LogP contribution is -2.45. The number of amides is 1. The summed E-state index contributed by atoms with van der Waals surface area (Å²) in [5.74, 6) is 0.169. The fraction of sp³-hybridized carbons (Fsp3) is 0.545. The molecule has 1 aromatic carbocycles. The number of aliphatic hydroxyl groups is 1. The number of thiazole rings is 1. The zero-order chi connectivity index (χ0) is 20.1. The predicted octanol–water partition coefficient (Wildman–Crippen LogP) is 2.42. The average Bonchev–Trinajstić information content (AvgIpc) is 3.23. The number of nitrogens with zero attached hydrogens (tertiary/aromatic N) is 3. The first-order chi connectivity index (χ1) is 14.1. The zero-order valence-electron chi connectivity index (χ0n) is 16.8. The molecular formula is C22H29N3O3S. The van der Waals surface area contributed by atoms with E-state index in [1.807, 2.05) is 28.5 Å². The SMILES string of the molecule is O=C(CCc1ccccc1)N1CCC(O)(c2csc(CN3CCOCC3)n2)CC1. The highest BCUT2D eigenvalue weighted by molar-refractivity contribution is 7.09.